The van der Waals surface area contributed by atoms with Crippen molar-refractivity contribution in [2.75, 3.05) is 20.1 Å². The number of carbonyl (C=O) groups excluding carboxylic acids is 3. The summed E-state index contributed by atoms with van der Waals surface area (Å²) in [6, 6.07) is 0.289. The second-order valence-corrected chi connectivity index (χ2v) is 5.34. The maximum atomic E-state index is 12.0. The number of hydrogen-bond donors (Lipinski definition) is 2. The largest absolute Gasteiger partial charge is 0.347 e. The number of hydrogen-bond acceptors (Lipinski definition) is 3. The highest BCUT2D eigenvalue weighted by molar-refractivity contribution is 5.87. The van der Waals surface area contributed by atoms with Gasteiger partial charge in [0.1, 0.15) is 0 Å². The van der Waals surface area contributed by atoms with Crippen molar-refractivity contribution in [1.29, 1.82) is 0 Å². The van der Waals surface area contributed by atoms with Crippen LogP contribution in [0.4, 0.5) is 0 Å². The Morgan fingerprint density at radius 2 is 1.60 bits per heavy atom. The van der Waals surface area contributed by atoms with E-state index in [0.29, 0.717) is 0 Å². The molecule has 0 aromatic rings. The molecule has 0 aromatic heterocycles. The molecule has 6 nitrogen and oxygen atoms in total. The summed E-state index contributed by atoms with van der Waals surface area (Å²) in [6.45, 7) is 1.25. The number of carbonyl (C=O) groups is 3. The van der Waals surface area contributed by atoms with Crippen molar-refractivity contribution in [1.82, 2.24) is 15.5 Å². The average Bonchev–Trinajstić information content (AvgIpc) is 2.70. The van der Waals surface area contributed by atoms with E-state index in [-0.39, 0.29) is 36.9 Å². The Balaban J connectivity index is 2.30. The Hall–Kier alpha value is -1.59. The molecule has 0 aromatic carbocycles. The van der Waals surface area contributed by atoms with Crippen molar-refractivity contribution in [2.45, 2.75) is 51.5 Å². The molecule has 2 N–H and O–H groups in total. The van der Waals surface area contributed by atoms with Gasteiger partial charge >= 0.3 is 0 Å². The van der Waals surface area contributed by atoms with E-state index < -0.39 is 0 Å². The summed E-state index contributed by atoms with van der Waals surface area (Å²) in [7, 11) is 1.80. The zero-order valence-electron chi connectivity index (χ0n) is 12.4. The Morgan fingerprint density at radius 3 is 2.15 bits per heavy atom. The second kappa shape index (κ2) is 8.55. The van der Waals surface area contributed by atoms with Crippen molar-refractivity contribution in [3.05, 3.63) is 0 Å². The van der Waals surface area contributed by atoms with Crippen molar-refractivity contribution in [3.63, 3.8) is 0 Å². The van der Waals surface area contributed by atoms with Crippen LogP contribution in [0.5, 0.6) is 0 Å². The summed E-state index contributed by atoms with van der Waals surface area (Å²) >= 11 is 0. The number of nitrogens with one attached hydrogen (secondary N) is 2. The van der Waals surface area contributed by atoms with Gasteiger partial charge in [0.25, 0.3) is 0 Å². The minimum Gasteiger partial charge on any atom is -0.347 e. The molecular formula is C14H25N3O3. The van der Waals surface area contributed by atoms with E-state index in [9.17, 15) is 14.4 Å². The first-order valence-corrected chi connectivity index (χ1v) is 7.27. The summed E-state index contributed by atoms with van der Waals surface area (Å²) in [5, 5.41) is 4.92. The first kappa shape index (κ1) is 16.5. The van der Waals surface area contributed by atoms with Crippen LogP contribution in [0.2, 0.25) is 0 Å². The molecule has 6 heteroatoms. The minimum atomic E-state index is -0.345. The lowest BCUT2D eigenvalue weighted by Gasteiger charge is -2.27. The number of likely N-dealkylation sites (N-methyl/N-ethyl adjacent to an activating group) is 1. The summed E-state index contributed by atoms with van der Waals surface area (Å²) in [6.07, 6.45) is 6.90. The van der Waals surface area contributed by atoms with Crippen LogP contribution in [0, 0.1) is 0 Å². The monoisotopic (exact) mass is 283 g/mol. The number of nitrogens with zero attached hydrogens (tertiary/aromatic N) is 1. The van der Waals surface area contributed by atoms with Crippen LogP contribution in [-0.4, -0.2) is 48.8 Å². The third kappa shape index (κ3) is 6.04. The van der Waals surface area contributed by atoms with Gasteiger partial charge in [0.2, 0.25) is 17.7 Å². The van der Waals surface area contributed by atoms with E-state index in [1.807, 2.05) is 0 Å². The quantitative estimate of drug-likeness (QED) is 0.718. The maximum absolute atomic E-state index is 12.0. The van der Waals surface area contributed by atoms with Gasteiger partial charge in [-0.1, -0.05) is 25.7 Å². The fourth-order valence-electron chi connectivity index (χ4n) is 2.41. The highest BCUT2D eigenvalue weighted by atomic mass is 16.2. The highest BCUT2D eigenvalue weighted by Gasteiger charge is 2.21. The van der Waals surface area contributed by atoms with Gasteiger partial charge in [-0.15, -0.1) is 0 Å². The summed E-state index contributed by atoms with van der Waals surface area (Å²) in [4.78, 5) is 35.9. The van der Waals surface area contributed by atoms with Gasteiger partial charge in [0.05, 0.1) is 13.1 Å². The molecule has 0 saturated heterocycles. The van der Waals surface area contributed by atoms with E-state index in [1.165, 1.54) is 19.8 Å². The summed E-state index contributed by atoms with van der Waals surface area (Å²) in [5.41, 5.74) is 0. The van der Waals surface area contributed by atoms with Crippen LogP contribution in [0.1, 0.15) is 45.4 Å². The van der Waals surface area contributed by atoms with Crippen LogP contribution in [0.3, 0.4) is 0 Å². The molecule has 114 valence electrons. The van der Waals surface area contributed by atoms with E-state index in [0.717, 1.165) is 25.7 Å². The Morgan fingerprint density at radius 1 is 1.00 bits per heavy atom. The lowest BCUT2D eigenvalue weighted by Crippen LogP contribution is -2.45. The van der Waals surface area contributed by atoms with Gasteiger partial charge in [0, 0.05) is 20.0 Å². The lowest BCUT2D eigenvalue weighted by atomic mass is 10.1. The molecule has 1 saturated carbocycles. The molecule has 1 aliphatic carbocycles. The molecule has 20 heavy (non-hydrogen) atoms. The number of amides is 3. The van der Waals surface area contributed by atoms with Crippen LogP contribution in [0.25, 0.3) is 0 Å². The predicted molar refractivity (Wildman–Crippen MR) is 76.0 cm³/mol. The number of rotatable bonds is 5. The third-order valence-corrected chi connectivity index (χ3v) is 3.70. The zero-order valence-corrected chi connectivity index (χ0v) is 12.4. The second-order valence-electron chi connectivity index (χ2n) is 5.34. The first-order chi connectivity index (χ1) is 9.50. The van der Waals surface area contributed by atoms with Crippen molar-refractivity contribution in [3.8, 4) is 0 Å². The third-order valence-electron chi connectivity index (χ3n) is 3.70. The van der Waals surface area contributed by atoms with Crippen LogP contribution in [-0.2, 0) is 14.4 Å². The topological polar surface area (TPSA) is 78.5 Å². The summed E-state index contributed by atoms with van der Waals surface area (Å²) in [5.74, 6) is -0.682. The molecule has 0 atom stereocenters. The molecular weight excluding hydrogens is 258 g/mol. The molecule has 3 amide bonds. The molecule has 0 unspecified atom stereocenters. The highest BCUT2D eigenvalue weighted by Crippen LogP contribution is 2.20. The lowest BCUT2D eigenvalue weighted by molar-refractivity contribution is -0.133. The molecule has 1 aliphatic rings. The SMILES string of the molecule is CC(=O)NCC(=O)NCC(=O)N(C)C1CCCCCC1. The molecule has 1 fully saturated rings. The van der Waals surface area contributed by atoms with Crippen molar-refractivity contribution in [2.24, 2.45) is 0 Å². The van der Waals surface area contributed by atoms with Gasteiger partial charge in [-0.2, -0.15) is 0 Å². The van der Waals surface area contributed by atoms with Crippen molar-refractivity contribution >= 4 is 17.7 Å². The van der Waals surface area contributed by atoms with Crippen LogP contribution < -0.4 is 10.6 Å². The first-order valence-electron chi connectivity index (χ1n) is 7.27. The fourth-order valence-corrected chi connectivity index (χ4v) is 2.41. The van der Waals surface area contributed by atoms with Crippen LogP contribution in [0.15, 0.2) is 0 Å². The maximum Gasteiger partial charge on any atom is 0.241 e. The average molecular weight is 283 g/mol. The zero-order chi connectivity index (χ0) is 15.0. The normalized spacial score (nSPS) is 16.1. The van der Waals surface area contributed by atoms with Crippen molar-refractivity contribution < 1.29 is 14.4 Å². The molecule has 1 rings (SSSR count). The Labute approximate surface area is 120 Å². The van der Waals surface area contributed by atoms with E-state index in [2.05, 4.69) is 10.6 Å². The van der Waals surface area contributed by atoms with E-state index in [1.54, 1.807) is 11.9 Å². The fraction of sp³-hybridized carbons (Fsp3) is 0.786. The molecule has 0 radical (unpaired) electrons. The minimum absolute atomic E-state index is 0.00851. The van der Waals surface area contributed by atoms with Gasteiger partial charge in [-0.25, -0.2) is 0 Å². The van der Waals surface area contributed by atoms with Gasteiger partial charge in [-0.3, -0.25) is 14.4 Å². The smallest absolute Gasteiger partial charge is 0.241 e. The molecule has 0 bridgehead atoms. The van der Waals surface area contributed by atoms with Gasteiger partial charge in [-0.05, 0) is 12.8 Å². The Kier molecular flexibility index (Phi) is 7.04. The van der Waals surface area contributed by atoms with E-state index >= 15 is 0 Å². The van der Waals surface area contributed by atoms with Crippen LogP contribution >= 0.6 is 0 Å². The predicted octanol–water partition coefficient (Wildman–Crippen LogP) is 0.420. The Bertz CT molecular complexity index is 350. The van der Waals surface area contributed by atoms with Gasteiger partial charge in [0.15, 0.2) is 0 Å². The van der Waals surface area contributed by atoms with Gasteiger partial charge < -0.3 is 15.5 Å². The molecule has 0 heterocycles. The summed E-state index contributed by atoms with van der Waals surface area (Å²) < 4.78 is 0. The molecule has 0 aliphatic heterocycles. The standard InChI is InChI=1S/C14H25N3O3/c1-11(18)15-9-13(19)16-10-14(20)17(2)12-7-5-3-4-6-8-12/h12H,3-10H2,1-2H3,(H,15,18)(H,16,19). The molecule has 0 spiro atoms. The van der Waals surface area contributed by atoms with E-state index in [4.69, 9.17) is 0 Å².